The molecule has 3 nitrogen and oxygen atoms in total. The Morgan fingerprint density at radius 3 is 3.12 bits per heavy atom. The van der Waals surface area contributed by atoms with E-state index < -0.39 is 0 Å². The first-order chi connectivity index (χ1) is 8.34. The highest BCUT2D eigenvalue weighted by molar-refractivity contribution is 5.49. The summed E-state index contributed by atoms with van der Waals surface area (Å²) in [6.07, 6.45) is 3.04. The van der Waals surface area contributed by atoms with Gasteiger partial charge in [0.1, 0.15) is 5.82 Å². The number of fused-ring (bicyclic) bond motifs is 1. The third-order valence-electron chi connectivity index (χ3n) is 3.48. The SMILES string of the molecule is Fc1ccc2c(c1CC1CCCNC1)OCO2. The molecule has 1 saturated heterocycles. The fourth-order valence-corrected chi connectivity index (χ4v) is 2.58. The maximum atomic E-state index is 13.8. The Balaban J connectivity index is 1.84. The van der Waals surface area contributed by atoms with Gasteiger partial charge in [-0.1, -0.05) is 0 Å². The van der Waals surface area contributed by atoms with Crippen LogP contribution in [0.25, 0.3) is 0 Å². The molecule has 1 aromatic carbocycles. The van der Waals surface area contributed by atoms with Crippen molar-refractivity contribution >= 4 is 0 Å². The topological polar surface area (TPSA) is 30.5 Å². The maximum Gasteiger partial charge on any atom is 0.231 e. The van der Waals surface area contributed by atoms with Gasteiger partial charge in [0.2, 0.25) is 6.79 Å². The molecule has 0 amide bonds. The van der Waals surface area contributed by atoms with Gasteiger partial charge in [0.05, 0.1) is 0 Å². The molecular weight excluding hydrogens is 221 g/mol. The van der Waals surface area contributed by atoms with Crippen LogP contribution in [0.1, 0.15) is 18.4 Å². The summed E-state index contributed by atoms with van der Waals surface area (Å²) < 4.78 is 24.5. The van der Waals surface area contributed by atoms with E-state index in [1.165, 1.54) is 12.5 Å². The number of hydrogen-bond donors (Lipinski definition) is 1. The van der Waals surface area contributed by atoms with Gasteiger partial charge in [-0.15, -0.1) is 0 Å². The molecule has 2 aliphatic rings. The lowest BCUT2D eigenvalue weighted by Gasteiger charge is -2.23. The molecule has 1 aromatic rings. The first-order valence-electron chi connectivity index (χ1n) is 6.12. The highest BCUT2D eigenvalue weighted by Gasteiger charge is 2.24. The summed E-state index contributed by atoms with van der Waals surface area (Å²) in [7, 11) is 0. The lowest BCUT2D eigenvalue weighted by molar-refractivity contribution is 0.172. The summed E-state index contributed by atoms with van der Waals surface area (Å²) >= 11 is 0. The number of halogens is 1. The average molecular weight is 237 g/mol. The molecule has 0 saturated carbocycles. The van der Waals surface area contributed by atoms with E-state index in [0.717, 1.165) is 25.9 Å². The van der Waals surface area contributed by atoms with Crippen molar-refractivity contribution in [3.05, 3.63) is 23.5 Å². The largest absolute Gasteiger partial charge is 0.454 e. The van der Waals surface area contributed by atoms with Gasteiger partial charge in [-0.05, 0) is 50.4 Å². The van der Waals surface area contributed by atoms with Gasteiger partial charge < -0.3 is 14.8 Å². The molecule has 2 heterocycles. The zero-order valence-electron chi connectivity index (χ0n) is 9.67. The molecule has 92 valence electrons. The van der Waals surface area contributed by atoms with E-state index >= 15 is 0 Å². The van der Waals surface area contributed by atoms with Crippen LogP contribution in [0.5, 0.6) is 11.5 Å². The van der Waals surface area contributed by atoms with Gasteiger partial charge in [-0.2, -0.15) is 0 Å². The summed E-state index contributed by atoms with van der Waals surface area (Å²) in [5.41, 5.74) is 0.675. The molecule has 2 aliphatic heterocycles. The van der Waals surface area contributed by atoms with E-state index in [1.807, 2.05) is 0 Å². The highest BCUT2D eigenvalue weighted by Crippen LogP contribution is 2.38. The second-order valence-electron chi connectivity index (χ2n) is 4.68. The van der Waals surface area contributed by atoms with Gasteiger partial charge >= 0.3 is 0 Å². The first kappa shape index (κ1) is 10.8. The van der Waals surface area contributed by atoms with Gasteiger partial charge in [-0.3, -0.25) is 0 Å². The summed E-state index contributed by atoms with van der Waals surface area (Å²) in [4.78, 5) is 0. The molecule has 17 heavy (non-hydrogen) atoms. The van der Waals surface area contributed by atoms with Crippen molar-refractivity contribution in [1.82, 2.24) is 5.32 Å². The molecule has 4 heteroatoms. The van der Waals surface area contributed by atoms with E-state index in [4.69, 9.17) is 9.47 Å². The first-order valence-corrected chi connectivity index (χ1v) is 6.12. The van der Waals surface area contributed by atoms with Gasteiger partial charge in [0.25, 0.3) is 0 Å². The number of rotatable bonds is 2. The molecule has 1 unspecified atom stereocenters. The van der Waals surface area contributed by atoms with Crippen LogP contribution >= 0.6 is 0 Å². The van der Waals surface area contributed by atoms with Crippen molar-refractivity contribution in [2.75, 3.05) is 19.9 Å². The average Bonchev–Trinajstić information content (AvgIpc) is 2.83. The minimum Gasteiger partial charge on any atom is -0.454 e. The maximum absolute atomic E-state index is 13.8. The lowest BCUT2D eigenvalue weighted by Crippen LogP contribution is -2.31. The number of piperidine rings is 1. The quantitative estimate of drug-likeness (QED) is 0.854. The fourth-order valence-electron chi connectivity index (χ4n) is 2.58. The second-order valence-corrected chi connectivity index (χ2v) is 4.68. The van der Waals surface area contributed by atoms with Crippen LogP contribution < -0.4 is 14.8 Å². The molecule has 0 spiro atoms. The van der Waals surface area contributed by atoms with Crippen LogP contribution in [0.4, 0.5) is 4.39 Å². The van der Waals surface area contributed by atoms with Crippen LogP contribution in [-0.2, 0) is 6.42 Å². The highest BCUT2D eigenvalue weighted by atomic mass is 19.1. The van der Waals surface area contributed by atoms with Crippen molar-refractivity contribution in [2.45, 2.75) is 19.3 Å². The molecule has 1 atom stereocenters. The van der Waals surface area contributed by atoms with Crippen molar-refractivity contribution in [1.29, 1.82) is 0 Å². The molecular formula is C13H16FNO2. The lowest BCUT2D eigenvalue weighted by atomic mass is 9.91. The van der Waals surface area contributed by atoms with Crippen molar-refractivity contribution < 1.29 is 13.9 Å². The summed E-state index contributed by atoms with van der Waals surface area (Å²) in [5.74, 6) is 1.59. The minimum atomic E-state index is -0.181. The monoisotopic (exact) mass is 237 g/mol. The van der Waals surface area contributed by atoms with E-state index in [9.17, 15) is 4.39 Å². The van der Waals surface area contributed by atoms with Crippen LogP contribution in [0.2, 0.25) is 0 Å². The third kappa shape index (κ3) is 2.09. The summed E-state index contributed by atoms with van der Waals surface area (Å²) in [6.45, 7) is 2.24. The van der Waals surface area contributed by atoms with Crippen molar-refractivity contribution in [3.8, 4) is 11.5 Å². The van der Waals surface area contributed by atoms with Gasteiger partial charge in [0, 0.05) is 5.56 Å². The zero-order chi connectivity index (χ0) is 11.7. The molecule has 0 radical (unpaired) electrons. The van der Waals surface area contributed by atoms with Crippen molar-refractivity contribution in [3.63, 3.8) is 0 Å². The second kappa shape index (κ2) is 4.53. The normalized spacial score (nSPS) is 22.8. The van der Waals surface area contributed by atoms with E-state index in [2.05, 4.69) is 5.32 Å². The van der Waals surface area contributed by atoms with E-state index in [0.29, 0.717) is 23.0 Å². The number of nitrogens with one attached hydrogen (secondary N) is 1. The number of benzene rings is 1. The third-order valence-corrected chi connectivity index (χ3v) is 3.48. The van der Waals surface area contributed by atoms with Gasteiger partial charge in [-0.25, -0.2) is 4.39 Å². The molecule has 0 aliphatic carbocycles. The standard InChI is InChI=1S/C13H16FNO2/c14-11-3-4-12-13(17-8-16-12)10(11)6-9-2-1-5-15-7-9/h3-4,9,15H,1-2,5-8H2. The Labute approximate surface area is 99.9 Å². The van der Waals surface area contributed by atoms with E-state index in [1.54, 1.807) is 6.07 Å². The minimum absolute atomic E-state index is 0.181. The number of hydrogen-bond acceptors (Lipinski definition) is 3. The summed E-state index contributed by atoms with van der Waals surface area (Å²) in [6, 6.07) is 3.11. The zero-order valence-corrected chi connectivity index (χ0v) is 9.67. The smallest absolute Gasteiger partial charge is 0.231 e. The van der Waals surface area contributed by atoms with Gasteiger partial charge in [0.15, 0.2) is 11.5 Å². The Morgan fingerprint density at radius 1 is 1.35 bits per heavy atom. The fraction of sp³-hybridized carbons (Fsp3) is 0.538. The molecule has 1 fully saturated rings. The molecule has 3 rings (SSSR count). The Morgan fingerprint density at radius 2 is 2.29 bits per heavy atom. The summed E-state index contributed by atoms with van der Waals surface area (Å²) in [5, 5.41) is 3.35. The predicted molar refractivity (Wildman–Crippen MR) is 61.8 cm³/mol. The Hall–Kier alpha value is -1.29. The molecule has 1 N–H and O–H groups in total. The molecule has 0 bridgehead atoms. The van der Waals surface area contributed by atoms with Crippen LogP contribution in [-0.4, -0.2) is 19.9 Å². The Bertz CT molecular complexity index is 416. The Kier molecular flexibility index (Phi) is 2.89. The van der Waals surface area contributed by atoms with Crippen molar-refractivity contribution in [2.24, 2.45) is 5.92 Å². The molecule has 0 aromatic heterocycles. The van der Waals surface area contributed by atoms with Crippen LogP contribution in [0.15, 0.2) is 12.1 Å². The van der Waals surface area contributed by atoms with Crippen LogP contribution in [0.3, 0.4) is 0 Å². The van der Waals surface area contributed by atoms with Crippen LogP contribution in [0, 0.1) is 11.7 Å². The number of ether oxygens (including phenoxy) is 2. The predicted octanol–water partition coefficient (Wildman–Crippen LogP) is 2.10. The van der Waals surface area contributed by atoms with E-state index in [-0.39, 0.29) is 12.6 Å².